The van der Waals surface area contributed by atoms with E-state index in [2.05, 4.69) is 11.4 Å². The van der Waals surface area contributed by atoms with Crippen molar-refractivity contribution in [2.75, 3.05) is 39.5 Å². The molecule has 56 heavy (non-hydrogen) atoms. The molecule has 3 amide bonds. The normalized spacial score (nSPS) is 31.2. The van der Waals surface area contributed by atoms with E-state index in [1.54, 1.807) is 52.1 Å². The number of nitriles is 1. The van der Waals surface area contributed by atoms with E-state index in [1.165, 1.54) is 59.6 Å². The lowest BCUT2D eigenvalue weighted by molar-refractivity contribution is -0.328. The van der Waals surface area contributed by atoms with Gasteiger partial charge in [-0.25, -0.2) is 9.59 Å². The Morgan fingerprint density at radius 3 is 2.55 bits per heavy atom. The molecule has 6 bridgehead atoms. The summed E-state index contributed by atoms with van der Waals surface area (Å²) in [6.45, 7) is 8.60. The summed E-state index contributed by atoms with van der Waals surface area (Å²) in [7, 11) is 8.75. The van der Waals surface area contributed by atoms with Crippen LogP contribution in [0.5, 0.6) is 5.75 Å². The first kappa shape index (κ1) is 45.2. The van der Waals surface area contributed by atoms with Crippen LogP contribution < -0.4 is 15.0 Å². The van der Waals surface area contributed by atoms with Crippen LogP contribution >= 0.6 is 33.2 Å². The van der Waals surface area contributed by atoms with E-state index >= 15 is 0 Å². The van der Waals surface area contributed by atoms with Gasteiger partial charge in [-0.3, -0.25) is 14.9 Å². The molecule has 1 aromatic rings. The number of alkyl carbamates (subject to hydrolysis) is 1. The lowest BCUT2D eigenvalue weighted by Gasteiger charge is -2.59. The Morgan fingerprint density at radius 2 is 1.95 bits per heavy atom. The molecule has 4 aliphatic heterocycles. The molecule has 0 spiro atoms. The van der Waals surface area contributed by atoms with Gasteiger partial charge in [-0.05, 0) is 71.4 Å². The Balaban J connectivity index is 1.71. The van der Waals surface area contributed by atoms with E-state index in [0.29, 0.717) is 17.9 Å². The average Bonchev–Trinajstić information content (AvgIpc) is 3.13. The molecule has 0 saturated carbocycles. The van der Waals surface area contributed by atoms with Crippen LogP contribution in [0.1, 0.15) is 72.3 Å². The first-order valence-corrected chi connectivity index (χ1v) is 21.1. The van der Waals surface area contributed by atoms with E-state index in [4.69, 9.17) is 35.3 Å². The second-order valence-electron chi connectivity index (χ2n) is 15.3. The van der Waals surface area contributed by atoms with Gasteiger partial charge >= 0.3 is 12.1 Å². The van der Waals surface area contributed by atoms with Gasteiger partial charge in [0.2, 0.25) is 11.8 Å². The van der Waals surface area contributed by atoms with Crippen molar-refractivity contribution in [2.45, 2.75) is 119 Å². The third-order valence-electron chi connectivity index (χ3n) is 10.8. The minimum atomic E-state index is -1.87. The van der Waals surface area contributed by atoms with Crippen LogP contribution in [-0.4, -0.2) is 114 Å². The summed E-state index contributed by atoms with van der Waals surface area (Å²) >= 11 is 6.77. The maximum absolute atomic E-state index is 14.2. The number of hydrogen-bond donors (Lipinski definition) is 2. The molecule has 2 unspecified atom stereocenters. The molecule has 2 fully saturated rings. The molecule has 1 aromatic carbocycles. The Hall–Kier alpha value is -3.46. The monoisotopic (exact) mass is 836 g/mol. The van der Waals surface area contributed by atoms with Crippen molar-refractivity contribution in [1.29, 1.82) is 5.26 Å². The number of halogens is 1. The van der Waals surface area contributed by atoms with Gasteiger partial charge in [-0.1, -0.05) is 57.0 Å². The topological polar surface area (TPSA) is 177 Å². The summed E-state index contributed by atoms with van der Waals surface area (Å²) in [5, 5.41) is 24.1. The Morgan fingerprint density at radius 1 is 1.27 bits per heavy atom. The number of fused-ring (bicyclic) bond motifs is 6. The van der Waals surface area contributed by atoms with Gasteiger partial charge < -0.3 is 38.6 Å². The molecule has 0 radical (unpaired) electrons. The second kappa shape index (κ2) is 18.0. The number of nitrogens with one attached hydrogen (secondary N) is 1. The maximum Gasteiger partial charge on any atom is 0.409 e. The summed E-state index contributed by atoms with van der Waals surface area (Å²) in [4.78, 5) is 56.8. The van der Waals surface area contributed by atoms with E-state index in [0.717, 1.165) is 11.1 Å². The first-order chi connectivity index (χ1) is 26.2. The second-order valence-corrected chi connectivity index (χ2v) is 18.5. The van der Waals surface area contributed by atoms with Gasteiger partial charge in [0.05, 0.1) is 25.3 Å². The third kappa shape index (κ3) is 9.97. The van der Waals surface area contributed by atoms with Crippen molar-refractivity contribution in [1.82, 2.24) is 10.2 Å². The molecule has 4 heterocycles. The number of likely N-dealkylation sites (N-methyl/N-ethyl adjacent to an activating group) is 1. The smallest absolute Gasteiger partial charge is 0.409 e. The fourth-order valence-corrected chi connectivity index (χ4v) is 9.70. The van der Waals surface area contributed by atoms with Gasteiger partial charge in [0, 0.05) is 40.5 Å². The number of ether oxygens (including phenoxy) is 5. The highest BCUT2D eigenvalue weighted by molar-refractivity contribution is 8.77. The fourth-order valence-electron chi connectivity index (χ4n) is 7.33. The molecule has 2 N–H and O–H groups in total. The van der Waals surface area contributed by atoms with Crippen molar-refractivity contribution in [3.8, 4) is 11.8 Å². The van der Waals surface area contributed by atoms with Crippen molar-refractivity contribution < 1.29 is 48.0 Å². The summed E-state index contributed by atoms with van der Waals surface area (Å²) in [6.07, 6.45) is 3.50. The molecular weight excluding hydrogens is 784 g/mol. The Labute approximate surface area is 341 Å². The molecular formula is C39H53ClN4O10S2. The largest absolute Gasteiger partial charge is 0.495 e. The average molecular weight is 837 g/mol. The molecule has 0 aromatic heterocycles. The number of aliphatic hydroxyl groups is 1. The lowest BCUT2D eigenvalue weighted by atomic mass is 9.72. The number of rotatable bonds is 10. The van der Waals surface area contributed by atoms with Gasteiger partial charge in [-0.15, -0.1) is 0 Å². The van der Waals surface area contributed by atoms with Gasteiger partial charge in [0.25, 0.3) is 0 Å². The van der Waals surface area contributed by atoms with Crippen LogP contribution in [0.4, 0.5) is 10.5 Å². The maximum atomic E-state index is 14.2. The molecule has 8 atom stereocenters. The van der Waals surface area contributed by atoms with E-state index in [1.807, 2.05) is 19.3 Å². The highest BCUT2D eigenvalue weighted by Gasteiger charge is 2.63. The summed E-state index contributed by atoms with van der Waals surface area (Å²) in [5.74, 6) is -1.23. The van der Waals surface area contributed by atoms with Crippen LogP contribution in [0.2, 0.25) is 5.02 Å². The number of carbonyl (C=O) groups is 4. The molecule has 308 valence electrons. The minimum Gasteiger partial charge on any atom is -0.495 e. The van der Waals surface area contributed by atoms with E-state index in [-0.39, 0.29) is 43.0 Å². The zero-order valence-electron chi connectivity index (χ0n) is 33.6. The lowest BCUT2D eigenvalue weighted by Crippen LogP contribution is -2.72. The summed E-state index contributed by atoms with van der Waals surface area (Å²) < 4.78 is 28.7. The number of methoxy groups -OCH3 is 2. The number of benzene rings is 1. The minimum absolute atomic E-state index is 0.0251. The van der Waals surface area contributed by atoms with E-state index in [9.17, 15) is 29.5 Å². The quantitative estimate of drug-likeness (QED) is 0.216. The highest BCUT2D eigenvalue weighted by Crippen LogP contribution is 2.50. The van der Waals surface area contributed by atoms with Crippen LogP contribution in [0.25, 0.3) is 0 Å². The van der Waals surface area contributed by atoms with Crippen molar-refractivity contribution >= 4 is 62.8 Å². The Kier molecular flexibility index (Phi) is 14.5. The predicted molar refractivity (Wildman–Crippen MR) is 215 cm³/mol. The zero-order valence-corrected chi connectivity index (χ0v) is 36.0. The van der Waals surface area contributed by atoms with E-state index < -0.39 is 64.0 Å². The molecule has 17 heteroatoms. The standard InChI is InChI=1S/C39H53ClN4O10S2/c1-23-12-11-13-28(51-9)39(49)20-30(53-35(48)42-39)38(5)21-37(4,54-38)29(19-32(46)44(7)26-17-25(16-23)18-27(50-8)33(26)40)52-34(47)24(2)43(6)31(45)14-15-36(3,22-41)56-55-10/h11-13,17-18,24,28-30,49H,14-16,19-21H2,1-10H3,(H,42,48)/b13-11+,23-12+/t24-,28-,29+,30+,36?,37-,38?,39+/m1/s1. The Bertz CT molecular complexity index is 1780. The number of allylic oxidation sites excluding steroid dienone is 3. The molecule has 5 rings (SSSR count). The number of esters is 1. The number of carbonyl (C=O) groups excluding carboxylic acids is 4. The van der Waals surface area contributed by atoms with Gasteiger partial charge in [0.1, 0.15) is 51.1 Å². The predicted octanol–water partition coefficient (Wildman–Crippen LogP) is 5.73. The first-order valence-electron chi connectivity index (χ1n) is 18.2. The van der Waals surface area contributed by atoms with Crippen LogP contribution in [0, 0.1) is 11.3 Å². The highest BCUT2D eigenvalue weighted by atomic mass is 35.5. The van der Waals surface area contributed by atoms with Gasteiger partial charge in [-0.2, -0.15) is 5.26 Å². The fraction of sp³-hybridized carbons (Fsp3) is 0.615. The molecule has 14 nitrogen and oxygen atoms in total. The molecule has 4 aliphatic rings. The van der Waals surface area contributed by atoms with Crippen molar-refractivity contribution in [3.05, 3.63) is 46.5 Å². The number of amides is 3. The molecule has 2 saturated heterocycles. The molecule has 0 aliphatic carbocycles. The SMILES string of the molecule is COc1cc2cc(c1Cl)N(C)C(=O)C[C@H](OC(=O)[C@@H](C)N(C)C(=O)CCC(C)(C#N)SSC)[C@@]1(C)CC(C)(O1)[C@@H]1C[C@@](O)(NC(=O)O1)[C@H](OC)/C=C/C=C(\C)C2. The van der Waals surface area contributed by atoms with Crippen LogP contribution in [0.15, 0.2) is 35.9 Å². The van der Waals surface area contributed by atoms with Crippen LogP contribution in [0.3, 0.4) is 0 Å². The zero-order chi connectivity index (χ0) is 41.8. The van der Waals surface area contributed by atoms with Crippen LogP contribution in [-0.2, 0) is 39.8 Å². The number of anilines is 1. The van der Waals surface area contributed by atoms with Crippen molar-refractivity contribution in [2.24, 2.45) is 0 Å². The van der Waals surface area contributed by atoms with Crippen molar-refractivity contribution in [3.63, 3.8) is 0 Å². The summed E-state index contributed by atoms with van der Waals surface area (Å²) in [6, 6.07) is 4.75. The summed E-state index contributed by atoms with van der Waals surface area (Å²) in [5.41, 5.74) is -2.25. The number of hydrogen-bond acceptors (Lipinski definition) is 13. The number of nitrogens with zero attached hydrogens (tertiary/aromatic N) is 3. The van der Waals surface area contributed by atoms with Gasteiger partial charge in [0.15, 0.2) is 5.72 Å². The third-order valence-corrected chi connectivity index (χ3v) is 13.6.